The van der Waals surface area contributed by atoms with Crippen molar-refractivity contribution in [2.75, 3.05) is 5.32 Å². The number of carbonyl (C=O) groups excluding carboxylic acids is 1. The van der Waals surface area contributed by atoms with Crippen LogP contribution < -0.4 is 10.0 Å². The number of nitriles is 1. The van der Waals surface area contributed by atoms with E-state index in [1.165, 1.54) is 0 Å². The Morgan fingerprint density at radius 3 is 2.37 bits per heavy atom. The SMILES string of the molecule is Cc1nc2c(C(=O)Nc3ccc(-c4ccccc4S(=O)(=O)NC(C)(C)C)cc3)c(C#N)ccc2[nH]1. The summed E-state index contributed by atoms with van der Waals surface area (Å²) >= 11 is 0. The summed E-state index contributed by atoms with van der Waals surface area (Å²) in [6.45, 7) is 7.13. The molecule has 0 aliphatic carbocycles. The third-order valence-corrected chi connectivity index (χ3v) is 7.01. The molecular formula is C26H25N5O3S. The number of sulfonamides is 1. The number of hydrogen-bond donors (Lipinski definition) is 3. The average molecular weight is 488 g/mol. The van der Waals surface area contributed by atoms with Crippen LogP contribution >= 0.6 is 0 Å². The van der Waals surface area contributed by atoms with Crippen LogP contribution in [0.1, 0.15) is 42.5 Å². The molecule has 0 aliphatic rings. The molecular weight excluding hydrogens is 462 g/mol. The first-order valence-corrected chi connectivity index (χ1v) is 12.4. The first-order valence-electron chi connectivity index (χ1n) is 10.9. The lowest BCUT2D eigenvalue weighted by atomic mass is 10.0. The molecule has 3 N–H and O–H groups in total. The Hall–Kier alpha value is -4.00. The standard InChI is InChI=1S/C26H25N5O3S/c1-16-28-21-14-11-18(15-27)23(24(21)29-16)25(32)30-19-12-9-17(10-13-19)20-7-5-6-8-22(20)35(33,34)31-26(2,3)4/h5-14,31H,1-4H3,(H,28,29)(H,30,32). The molecule has 0 aliphatic heterocycles. The summed E-state index contributed by atoms with van der Waals surface area (Å²) < 4.78 is 28.6. The fraction of sp³-hybridized carbons (Fsp3) is 0.192. The predicted molar refractivity (Wildman–Crippen MR) is 135 cm³/mol. The van der Waals surface area contributed by atoms with Crippen molar-refractivity contribution in [3.63, 3.8) is 0 Å². The van der Waals surface area contributed by atoms with Crippen molar-refractivity contribution >= 4 is 32.7 Å². The summed E-state index contributed by atoms with van der Waals surface area (Å²) in [5.74, 6) is 0.187. The Bertz CT molecular complexity index is 1570. The Balaban J connectivity index is 1.64. The molecule has 178 valence electrons. The number of fused-ring (bicyclic) bond motifs is 1. The van der Waals surface area contributed by atoms with Gasteiger partial charge in [-0.15, -0.1) is 0 Å². The summed E-state index contributed by atoms with van der Waals surface area (Å²) in [4.78, 5) is 20.7. The van der Waals surface area contributed by atoms with Gasteiger partial charge in [0.1, 0.15) is 17.4 Å². The van der Waals surface area contributed by atoms with Crippen LogP contribution in [0.3, 0.4) is 0 Å². The van der Waals surface area contributed by atoms with Crippen LogP contribution in [0.4, 0.5) is 5.69 Å². The van der Waals surface area contributed by atoms with Gasteiger partial charge in [-0.3, -0.25) is 4.79 Å². The van der Waals surface area contributed by atoms with Gasteiger partial charge in [-0.05, 0) is 63.6 Å². The van der Waals surface area contributed by atoms with Gasteiger partial charge in [-0.25, -0.2) is 18.1 Å². The van der Waals surface area contributed by atoms with Crippen LogP contribution in [0.2, 0.25) is 0 Å². The topological polar surface area (TPSA) is 128 Å². The second kappa shape index (κ2) is 8.98. The molecule has 4 rings (SSSR count). The zero-order valence-electron chi connectivity index (χ0n) is 19.8. The van der Waals surface area contributed by atoms with Crippen LogP contribution in [-0.2, 0) is 10.0 Å². The van der Waals surface area contributed by atoms with E-state index in [4.69, 9.17) is 0 Å². The molecule has 4 aromatic rings. The van der Waals surface area contributed by atoms with Gasteiger partial charge in [0, 0.05) is 16.8 Å². The first-order chi connectivity index (χ1) is 16.5. The summed E-state index contributed by atoms with van der Waals surface area (Å²) in [6.07, 6.45) is 0. The molecule has 0 spiro atoms. The summed E-state index contributed by atoms with van der Waals surface area (Å²) in [5.41, 5.74) is 2.63. The number of imidazole rings is 1. The Kier molecular flexibility index (Phi) is 6.19. The van der Waals surface area contributed by atoms with Gasteiger partial charge in [0.2, 0.25) is 10.0 Å². The monoisotopic (exact) mass is 487 g/mol. The molecule has 1 heterocycles. The van der Waals surface area contributed by atoms with Crippen molar-refractivity contribution < 1.29 is 13.2 Å². The maximum absolute atomic E-state index is 13.1. The van der Waals surface area contributed by atoms with E-state index in [1.54, 1.807) is 88.4 Å². The smallest absolute Gasteiger partial charge is 0.259 e. The zero-order valence-corrected chi connectivity index (χ0v) is 20.6. The van der Waals surface area contributed by atoms with E-state index in [-0.39, 0.29) is 16.0 Å². The van der Waals surface area contributed by atoms with Crippen molar-refractivity contribution in [3.05, 3.63) is 77.6 Å². The maximum Gasteiger partial charge on any atom is 0.259 e. The first kappa shape index (κ1) is 24.1. The number of carbonyl (C=O) groups is 1. The number of anilines is 1. The summed E-state index contributed by atoms with van der Waals surface area (Å²) in [6, 6.07) is 19.0. The highest BCUT2D eigenvalue weighted by Crippen LogP contribution is 2.29. The fourth-order valence-electron chi connectivity index (χ4n) is 3.85. The van der Waals surface area contributed by atoms with E-state index >= 15 is 0 Å². The third-order valence-electron chi connectivity index (χ3n) is 5.19. The average Bonchev–Trinajstić information content (AvgIpc) is 3.17. The Labute approximate surface area is 204 Å². The number of nitrogens with zero attached hydrogens (tertiary/aromatic N) is 2. The molecule has 1 aromatic heterocycles. The molecule has 0 saturated carbocycles. The number of H-pyrrole nitrogens is 1. The maximum atomic E-state index is 13.1. The van der Waals surface area contributed by atoms with Crippen LogP contribution in [0.25, 0.3) is 22.2 Å². The lowest BCUT2D eigenvalue weighted by molar-refractivity contribution is 0.102. The van der Waals surface area contributed by atoms with Gasteiger partial charge in [-0.2, -0.15) is 5.26 Å². The van der Waals surface area contributed by atoms with E-state index in [9.17, 15) is 18.5 Å². The van der Waals surface area contributed by atoms with Crippen molar-refractivity contribution in [2.45, 2.75) is 38.1 Å². The zero-order chi connectivity index (χ0) is 25.4. The number of aromatic amines is 1. The predicted octanol–water partition coefficient (Wildman–Crippen LogP) is 4.74. The highest BCUT2D eigenvalue weighted by Gasteiger charge is 2.25. The molecule has 0 bridgehead atoms. The van der Waals surface area contributed by atoms with Gasteiger partial charge >= 0.3 is 0 Å². The summed E-state index contributed by atoms with van der Waals surface area (Å²) in [7, 11) is -3.75. The van der Waals surface area contributed by atoms with E-state index in [0.29, 0.717) is 33.7 Å². The molecule has 9 heteroatoms. The van der Waals surface area contributed by atoms with Gasteiger partial charge in [0.15, 0.2) is 0 Å². The normalized spacial score (nSPS) is 11.9. The highest BCUT2D eigenvalue weighted by molar-refractivity contribution is 7.89. The molecule has 0 saturated heterocycles. The largest absolute Gasteiger partial charge is 0.342 e. The van der Waals surface area contributed by atoms with Crippen LogP contribution in [-0.4, -0.2) is 29.8 Å². The lowest BCUT2D eigenvalue weighted by Gasteiger charge is -2.21. The van der Waals surface area contributed by atoms with Crippen molar-refractivity contribution in [3.8, 4) is 17.2 Å². The molecule has 1 amide bonds. The lowest BCUT2D eigenvalue weighted by Crippen LogP contribution is -2.40. The quantitative estimate of drug-likeness (QED) is 0.375. The number of rotatable bonds is 5. The Morgan fingerprint density at radius 1 is 1.03 bits per heavy atom. The second-order valence-electron chi connectivity index (χ2n) is 9.20. The third kappa shape index (κ3) is 5.09. The number of benzene rings is 3. The molecule has 0 fully saturated rings. The van der Waals surface area contributed by atoms with E-state index in [2.05, 4.69) is 26.1 Å². The number of amides is 1. The van der Waals surface area contributed by atoms with Crippen LogP contribution in [0.15, 0.2) is 65.6 Å². The number of nitrogens with one attached hydrogen (secondary N) is 3. The fourth-order valence-corrected chi connectivity index (χ4v) is 5.50. The number of aromatic nitrogens is 2. The summed E-state index contributed by atoms with van der Waals surface area (Å²) in [5, 5.41) is 12.3. The van der Waals surface area contributed by atoms with Crippen LogP contribution in [0.5, 0.6) is 0 Å². The van der Waals surface area contributed by atoms with Gasteiger partial charge < -0.3 is 10.3 Å². The number of aryl methyl sites for hydroxylation is 1. The van der Waals surface area contributed by atoms with Crippen molar-refractivity contribution in [2.24, 2.45) is 0 Å². The second-order valence-corrected chi connectivity index (χ2v) is 10.9. The molecule has 3 aromatic carbocycles. The number of hydrogen-bond acceptors (Lipinski definition) is 5. The van der Waals surface area contributed by atoms with E-state index in [0.717, 1.165) is 0 Å². The molecule has 0 radical (unpaired) electrons. The van der Waals surface area contributed by atoms with Gasteiger partial charge in [0.25, 0.3) is 5.91 Å². The minimum atomic E-state index is -3.75. The Morgan fingerprint density at radius 2 is 1.71 bits per heavy atom. The van der Waals surface area contributed by atoms with E-state index < -0.39 is 21.5 Å². The highest BCUT2D eigenvalue weighted by atomic mass is 32.2. The van der Waals surface area contributed by atoms with E-state index in [1.807, 2.05) is 0 Å². The molecule has 35 heavy (non-hydrogen) atoms. The van der Waals surface area contributed by atoms with Crippen LogP contribution in [0, 0.1) is 18.3 Å². The molecule has 8 nitrogen and oxygen atoms in total. The minimum Gasteiger partial charge on any atom is -0.342 e. The van der Waals surface area contributed by atoms with Gasteiger partial charge in [-0.1, -0.05) is 30.3 Å². The van der Waals surface area contributed by atoms with Crippen molar-refractivity contribution in [1.82, 2.24) is 14.7 Å². The van der Waals surface area contributed by atoms with Crippen molar-refractivity contribution in [1.29, 1.82) is 5.26 Å². The van der Waals surface area contributed by atoms with Gasteiger partial charge in [0.05, 0.1) is 21.5 Å². The molecule has 0 atom stereocenters. The minimum absolute atomic E-state index is 0.172. The molecule has 0 unspecified atom stereocenters.